The summed E-state index contributed by atoms with van der Waals surface area (Å²) in [4.78, 5) is 0. The highest BCUT2D eigenvalue weighted by atomic mass is 19.1. The van der Waals surface area contributed by atoms with Gasteiger partial charge in [0, 0.05) is 6.07 Å². The Balaban J connectivity index is 1.58. The minimum absolute atomic E-state index is 0.00340. The minimum atomic E-state index is -0.737. The zero-order chi connectivity index (χ0) is 16.9. The van der Waals surface area contributed by atoms with E-state index in [1.54, 1.807) is 4.68 Å². The summed E-state index contributed by atoms with van der Waals surface area (Å²) in [7, 11) is 0. The third-order valence-corrected chi connectivity index (χ3v) is 3.28. The highest BCUT2D eigenvalue weighted by Gasteiger charge is 2.08. The molecule has 3 aromatic rings. The van der Waals surface area contributed by atoms with Crippen LogP contribution in [0.1, 0.15) is 5.56 Å². The SMILES string of the molecule is Cc1ccc(-n2nnnc2NCCOc2ccc(F)cc2F)cc1. The van der Waals surface area contributed by atoms with Gasteiger partial charge in [-0.2, -0.15) is 4.68 Å². The van der Waals surface area contributed by atoms with E-state index >= 15 is 0 Å². The summed E-state index contributed by atoms with van der Waals surface area (Å²) in [6.45, 7) is 2.51. The Hall–Kier alpha value is -3.03. The first-order valence-electron chi connectivity index (χ1n) is 7.30. The first-order chi connectivity index (χ1) is 11.6. The molecule has 1 heterocycles. The van der Waals surface area contributed by atoms with Gasteiger partial charge in [-0.25, -0.2) is 8.78 Å². The number of nitrogens with one attached hydrogen (secondary N) is 1. The Morgan fingerprint density at radius 2 is 1.92 bits per heavy atom. The van der Waals surface area contributed by atoms with Crippen LogP contribution in [0.2, 0.25) is 0 Å². The normalized spacial score (nSPS) is 10.6. The Kier molecular flexibility index (Phi) is 4.64. The van der Waals surface area contributed by atoms with Crippen LogP contribution >= 0.6 is 0 Å². The van der Waals surface area contributed by atoms with E-state index in [-0.39, 0.29) is 12.4 Å². The van der Waals surface area contributed by atoms with E-state index in [4.69, 9.17) is 4.74 Å². The lowest BCUT2D eigenvalue weighted by atomic mass is 10.2. The maximum Gasteiger partial charge on any atom is 0.247 e. The Bertz CT molecular complexity index is 820. The predicted molar refractivity (Wildman–Crippen MR) is 84.2 cm³/mol. The Morgan fingerprint density at radius 3 is 2.67 bits per heavy atom. The molecule has 3 rings (SSSR count). The number of tetrazole rings is 1. The molecule has 0 spiro atoms. The van der Waals surface area contributed by atoms with E-state index in [2.05, 4.69) is 20.8 Å². The highest BCUT2D eigenvalue weighted by molar-refractivity contribution is 5.39. The Labute approximate surface area is 137 Å². The van der Waals surface area contributed by atoms with Crippen molar-refractivity contribution in [3.63, 3.8) is 0 Å². The number of rotatable bonds is 6. The zero-order valence-electron chi connectivity index (χ0n) is 12.9. The fourth-order valence-corrected chi connectivity index (χ4v) is 2.07. The van der Waals surface area contributed by atoms with Gasteiger partial charge < -0.3 is 10.1 Å². The smallest absolute Gasteiger partial charge is 0.247 e. The largest absolute Gasteiger partial charge is 0.489 e. The summed E-state index contributed by atoms with van der Waals surface area (Å²) in [5, 5.41) is 14.5. The molecule has 1 N–H and O–H groups in total. The van der Waals surface area contributed by atoms with Gasteiger partial charge in [-0.3, -0.25) is 0 Å². The molecule has 0 fully saturated rings. The molecule has 0 amide bonds. The molecule has 0 aliphatic carbocycles. The lowest BCUT2D eigenvalue weighted by Crippen LogP contribution is -2.15. The van der Waals surface area contributed by atoms with Crippen molar-refractivity contribution in [3.8, 4) is 11.4 Å². The van der Waals surface area contributed by atoms with Crippen molar-refractivity contribution in [1.29, 1.82) is 0 Å². The van der Waals surface area contributed by atoms with Crippen molar-refractivity contribution in [2.24, 2.45) is 0 Å². The molecule has 8 heteroatoms. The first kappa shape index (κ1) is 15.9. The average molecular weight is 331 g/mol. The van der Waals surface area contributed by atoms with Crippen LogP contribution in [0.25, 0.3) is 5.69 Å². The first-order valence-corrected chi connectivity index (χ1v) is 7.30. The number of nitrogens with zero attached hydrogens (tertiary/aromatic N) is 4. The summed E-state index contributed by atoms with van der Waals surface area (Å²) in [5.74, 6) is -0.937. The van der Waals surface area contributed by atoms with Crippen LogP contribution in [-0.2, 0) is 0 Å². The van der Waals surface area contributed by atoms with Crippen molar-refractivity contribution >= 4 is 5.95 Å². The fraction of sp³-hybridized carbons (Fsp3) is 0.188. The van der Waals surface area contributed by atoms with Crippen LogP contribution < -0.4 is 10.1 Å². The second-order valence-electron chi connectivity index (χ2n) is 5.10. The van der Waals surface area contributed by atoms with Crippen LogP contribution in [0.5, 0.6) is 5.75 Å². The topological polar surface area (TPSA) is 64.9 Å². The average Bonchev–Trinajstić information content (AvgIpc) is 3.02. The van der Waals surface area contributed by atoms with E-state index in [1.165, 1.54) is 6.07 Å². The standard InChI is InChI=1S/C16H15F2N5O/c1-11-2-5-13(6-3-11)23-16(20-21-22-23)19-8-9-24-15-7-4-12(17)10-14(15)18/h2-7,10H,8-9H2,1H3,(H,19,20,22). The molecule has 2 aromatic carbocycles. The molecule has 0 saturated heterocycles. The van der Waals surface area contributed by atoms with Crippen LogP contribution in [0, 0.1) is 18.6 Å². The van der Waals surface area contributed by atoms with E-state index in [1.807, 2.05) is 31.2 Å². The molecular formula is C16H15F2N5O. The lowest BCUT2D eigenvalue weighted by Gasteiger charge is -2.09. The van der Waals surface area contributed by atoms with Crippen LogP contribution in [0.3, 0.4) is 0 Å². The third kappa shape index (κ3) is 3.65. The van der Waals surface area contributed by atoms with Crippen molar-refractivity contribution in [2.75, 3.05) is 18.5 Å². The van der Waals surface area contributed by atoms with Crippen molar-refractivity contribution < 1.29 is 13.5 Å². The van der Waals surface area contributed by atoms with Gasteiger partial charge in [-0.05, 0) is 41.6 Å². The highest BCUT2D eigenvalue weighted by Crippen LogP contribution is 2.17. The molecule has 6 nitrogen and oxygen atoms in total. The van der Waals surface area contributed by atoms with E-state index in [0.29, 0.717) is 12.5 Å². The van der Waals surface area contributed by atoms with Gasteiger partial charge in [0.25, 0.3) is 0 Å². The second-order valence-corrected chi connectivity index (χ2v) is 5.10. The van der Waals surface area contributed by atoms with Crippen LogP contribution in [-0.4, -0.2) is 33.4 Å². The van der Waals surface area contributed by atoms with Gasteiger partial charge in [0.2, 0.25) is 5.95 Å². The van der Waals surface area contributed by atoms with Gasteiger partial charge in [-0.1, -0.05) is 22.8 Å². The summed E-state index contributed by atoms with van der Waals surface area (Å²) in [6.07, 6.45) is 0. The summed E-state index contributed by atoms with van der Waals surface area (Å²) >= 11 is 0. The minimum Gasteiger partial charge on any atom is -0.489 e. The van der Waals surface area contributed by atoms with Crippen molar-refractivity contribution in [2.45, 2.75) is 6.92 Å². The van der Waals surface area contributed by atoms with E-state index in [9.17, 15) is 8.78 Å². The predicted octanol–water partition coefficient (Wildman–Crippen LogP) is 2.74. The van der Waals surface area contributed by atoms with E-state index < -0.39 is 11.6 Å². The van der Waals surface area contributed by atoms with E-state index in [0.717, 1.165) is 23.4 Å². The monoisotopic (exact) mass is 331 g/mol. The van der Waals surface area contributed by atoms with Gasteiger partial charge in [-0.15, -0.1) is 0 Å². The lowest BCUT2D eigenvalue weighted by molar-refractivity contribution is 0.313. The molecule has 124 valence electrons. The number of halogens is 2. The fourth-order valence-electron chi connectivity index (χ4n) is 2.07. The van der Waals surface area contributed by atoms with Crippen LogP contribution in [0.15, 0.2) is 42.5 Å². The number of ether oxygens (including phenoxy) is 1. The zero-order valence-corrected chi connectivity index (χ0v) is 12.9. The molecule has 24 heavy (non-hydrogen) atoms. The van der Waals surface area contributed by atoms with Gasteiger partial charge in [0.1, 0.15) is 12.4 Å². The molecule has 0 atom stereocenters. The Morgan fingerprint density at radius 1 is 1.12 bits per heavy atom. The molecule has 0 aliphatic heterocycles. The number of hydrogen-bond donors (Lipinski definition) is 1. The molecule has 0 unspecified atom stereocenters. The number of benzene rings is 2. The summed E-state index contributed by atoms with van der Waals surface area (Å²) < 4.78 is 33.1. The number of hydrogen-bond acceptors (Lipinski definition) is 5. The second kappa shape index (κ2) is 7.03. The molecule has 0 radical (unpaired) electrons. The summed E-state index contributed by atoms with van der Waals surface area (Å²) in [5.41, 5.74) is 1.95. The molecule has 0 bridgehead atoms. The number of aryl methyl sites for hydroxylation is 1. The maximum atomic E-state index is 13.4. The molecule has 0 saturated carbocycles. The van der Waals surface area contributed by atoms with Gasteiger partial charge in [0.15, 0.2) is 11.6 Å². The van der Waals surface area contributed by atoms with Crippen molar-refractivity contribution in [3.05, 3.63) is 59.7 Å². The molecular weight excluding hydrogens is 316 g/mol. The van der Waals surface area contributed by atoms with Gasteiger partial charge in [0.05, 0.1) is 12.2 Å². The van der Waals surface area contributed by atoms with Crippen molar-refractivity contribution in [1.82, 2.24) is 20.2 Å². The molecule has 1 aromatic heterocycles. The number of aromatic nitrogens is 4. The van der Waals surface area contributed by atoms with Crippen LogP contribution in [0.4, 0.5) is 14.7 Å². The van der Waals surface area contributed by atoms with Gasteiger partial charge >= 0.3 is 0 Å². The molecule has 0 aliphatic rings. The number of anilines is 1. The maximum absolute atomic E-state index is 13.4. The summed E-state index contributed by atoms with van der Waals surface area (Å²) in [6, 6.07) is 10.9. The third-order valence-electron chi connectivity index (χ3n) is 3.28. The quantitative estimate of drug-likeness (QED) is 0.704.